The molecule has 2 heteroatoms. The van der Waals surface area contributed by atoms with Crippen LogP contribution in [-0.2, 0) is 0 Å². The van der Waals surface area contributed by atoms with Gasteiger partial charge in [0.2, 0.25) is 0 Å². The number of allylic oxidation sites excluding steroid dienone is 6. The van der Waals surface area contributed by atoms with Gasteiger partial charge in [-0.2, -0.15) is 0 Å². The van der Waals surface area contributed by atoms with E-state index < -0.39 is 0 Å². The van der Waals surface area contributed by atoms with Crippen LogP contribution in [0.15, 0.2) is 181 Å². The monoisotopic (exact) mass is 568 g/mol. The van der Waals surface area contributed by atoms with Crippen molar-refractivity contribution in [2.45, 2.75) is 25.7 Å². The Labute approximate surface area is 261 Å². The SMILES string of the molecule is C1=CC(N(c2ccccc2)c2ccc(-c3ccc(-c4ccc(N(C5=CCCC=C5)c5ccccc5)cc4)cc3)cc2)=CCC1. The molecule has 0 saturated carbocycles. The molecule has 5 aromatic rings. The summed E-state index contributed by atoms with van der Waals surface area (Å²) < 4.78 is 0. The first-order valence-electron chi connectivity index (χ1n) is 15.6. The lowest BCUT2D eigenvalue weighted by Gasteiger charge is -2.27. The molecule has 0 N–H and O–H groups in total. The van der Waals surface area contributed by atoms with Gasteiger partial charge in [-0.05, 0) is 109 Å². The molecule has 0 bridgehead atoms. The number of nitrogens with zero attached hydrogens (tertiary/aromatic N) is 2. The van der Waals surface area contributed by atoms with Gasteiger partial charge in [0.1, 0.15) is 0 Å². The van der Waals surface area contributed by atoms with Crippen molar-refractivity contribution in [3.8, 4) is 22.3 Å². The molecular weight excluding hydrogens is 532 g/mol. The molecule has 0 fully saturated rings. The van der Waals surface area contributed by atoms with Crippen LogP contribution in [0.1, 0.15) is 25.7 Å². The Hall–Kier alpha value is -5.34. The van der Waals surface area contributed by atoms with Gasteiger partial charge in [0, 0.05) is 34.1 Å². The largest absolute Gasteiger partial charge is 0.311 e. The van der Waals surface area contributed by atoms with Crippen molar-refractivity contribution in [3.63, 3.8) is 0 Å². The summed E-state index contributed by atoms with van der Waals surface area (Å²) >= 11 is 0. The molecule has 0 heterocycles. The highest BCUT2D eigenvalue weighted by atomic mass is 15.2. The molecule has 0 aromatic heterocycles. The predicted octanol–water partition coefficient (Wildman–Crippen LogP) is 11.8. The van der Waals surface area contributed by atoms with Gasteiger partial charge < -0.3 is 9.80 Å². The number of anilines is 4. The summed E-state index contributed by atoms with van der Waals surface area (Å²) in [5, 5.41) is 0. The molecule has 0 atom stereocenters. The van der Waals surface area contributed by atoms with E-state index in [1.807, 2.05) is 0 Å². The van der Waals surface area contributed by atoms with Crippen LogP contribution in [0.4, 0.5) is 22.7 Å². The fourth-order valence-corrected chi connectivity index (χ4v) is 6.04. The minimum atomic E-state index is 1.07. The first-order chi connectivity index (χ1) is 21.8. The average molecular weight is 569 g/mol. The third kappa shape index (κ3) is 5.93. The number of hydrogen-bond acceptors (Lipinski definition) is 2. The van der Waals surface area contributed by atoms with E-state index in [1.165, 1.54) is 56.4 Å². The van der Waals surface area contributed by atoms with Gasteiger partial charge in [-0.3, -0.25) is 0 Å². The molecule has 0 unspecified atom stereocenters. The Bertz CT molecular complexity index is 1670. The second-order valence-corrected chi connectivity index (χ2v) is 11.2. The van der Waals surface area contributed by atoms with E-state index in [0.29, 0.717) is 0 Å². The van der Waals surface area contributed by atoms with E-state index in [-0.39, 0.29) is 0 Å². The summed E-state index contributed by atoms with van der Waals surface area (Å²) in [6.07, 6.45) is 18.0. The van der Waals surface area contributed by atoms with Gasteiger partial charge >= 0.3 is 0 Å². The molecule has 214 valence electrons. The molecule has 0 radical (unpaired) electrons. The summed E-state index contributed by atoms with van der Waals surface area (Å²) in [6.45, 7) is 0. The molecular formula is C42H36N2. The third-order valence-corrected chi connectivity index (χ3v) is 8.30. The van der Waals surface area contributed by atoms with Crippen LogP contribution in [-0.4, -0.2) is 0 Å². The molecule has 2 aliphatic rings. The maximum Gasteiger partial charge on any atom is 0.0461 e. The van der Waals surface area contributed by atoms with Crippen LogP contribution in [0, 0.1) is 0 Å². The Kier molecular flexibility index (Phi) is 8.05. The second-order valence-electron chi connectivity index (χ2n) is 11.2. The summed E-state index contributed by atoms with van der Waals surface area (Å²) in [5.41, 5.74) is 12.0. The van der Waals surface area contributed by atoms with Crippen LogP contribution in [0.5, 0.6) is 0 Å². The van der Waals surface area contributed by atoms with Crippen molar-refractivity contribution in [2.24, 2.45) is 0 Å². The lowest BCUT2D eigenvalue weighted by Crippen LogP contribution is -2.16. The Morgan fingerprint density at radius 1 is 0.318 bits per heavy atom. The summed E-state index contributed by atoms with van der Waals surface area (Å²) in [6, 6.07) is 48.0. The first-order valence-corrected chi connectivity index (χ1v) is 15.6. The first kappa shape index (κ1) is 27.5. The summed E-state index contributed by atoms with van der Waals surface area (Å²) in [5.74, 6) is 0. The van der Waals surface area contributed by atoms with E-state index in [2.05, 4.69) is 180 Å². The van der Waals surface area contributed by atoms with E-state index in [9.17, 15) is 0 Å². The highest BCUT2D eigenvalue weighted by Gasteiger charge is 2.16. The zero-order valence-corrected chi connectivity index (χ0v) is 24.9. The maximum atomic E-state index is 2.34. The highest BCUT2D eigenvalue weighted by Crippen LogP contribution is 2.36. The Morgan fingerprint density at radius 2 is 0.636 bits per heavy atom. The normalized spacial score (nSPS) is 14.1. The number of benzene rings is 5. The number of rotatable bonds is 8. The quantitative estimate of drug-likeness (QED) is 0.184. The van der Waals surface area contributed by atoms with Crippen molar-refractivity contribution in [3.05, 3.63) is 181 Å². The smallest absolute Gasteiger partial charge is 0.0461 e. The van der Waals surface area contributed by atoms with Gasteiger partial charge in [0.15, 0.2) is 0 Å². The van der Waals surface area contributed by atoms with Gasteiger partial charge in [0.05, 0.1) is 0 Å². The highest BCUT2D eigenvalue weighted by molar-refractivity contribution is 5.77. The lowest BCUT2D eigenvalue weighted by atomic mass is 9.99. The molecule has 5 aromatic carbocycles. The minimum Gasteiger partial charge on any atom is -0.311 e. The molecule has 0 amide bonds. The zero-order chi connectivity index (χ0) is 29.6. The molecule has 0 aliphatic heterocycles. The predicted molar refractivity (Wildman–Crippen MR) is 187 cm³/mol. The Morgan fingerprint density at radius 3 is 0.955 bits per heavy atom. The summed E-state index contributed by atoms with van der Waals surface area (Å²) in [7, 11) is 0. The lowest BCUT2D eigenvalue weighted by molar-refractivity contribution is 0.997. The van der Waals surface area contributed by atoms with Gasteiger partial charge in [-0.1, -0.05) is 109 Å². The van der Waals surface area contributed by atoms with Gasteiger partial charge in [-0.25, -0.2) is 0 Å². The Balaban J connectivity index is 1.11. The van der Waals surface area contributed by atoms with Crippen LogP contribution in [0.2, 0.25) is 0 Å². The van der Waals surface area contributed by atoms with E-state index in [1.54, 1.807) is 0 Å². The topological polar surface area (TPSA) is 6.48 Å². The standard InChI is InChI=1S/C42H36N2/c1-5-13-37(14-6-1)43(38-15-7-2-8-16-38)41-29-25-35(26-30-41)33-21-23-34(24-22-33)36-27-31-42(32-28-36)44(39-17-9-3-10-18-39)40-19-11-4-12-20-40/h1,3,5-7,9-11,13-32H,2,4,8,12H2. The number of para-hydroxylation sites is 2. The fraction of sp³-hybridized carbons (Fsp3) is 0.0952. The van der Waals surface area contributed by atoms with Gasteiger partial charge in [-0.15, -0.1) is 0 Å². The second kappa shape index (κ2) is 12.9. The van der Waals surface area contributed by atoms with E-state index in [0.717, 1.165) is 25.7 Å². The molecule has 0 spiro atoms. The van der Waals surface area contributed by atoms with Crippen LogP contribution in [0.3, 0.4) is 0 Å². The van der Waals surface area contributed by atoms with Crippen molar-refractivity contribution >= 4 is 22.7 Å². The molecule has 0 saturated heterocycles. The van der Waals surface area contributed by atoms with Crippen molar-refractivity contribution in [1.29, 1.82) is 0 Å². The summed E-state index contributed by atoms with van der Waals surface area (Å²) in [4.78, 5) is 4.68. The molecule has 44 heavy (non-hydrogen) atoms. The minimum absolute atomic E-state index is 1.07. The maximum absolute atomic E-state index is 2.34. The van der Waals surface area contributed by atoms with Gasteiger partial charge in [0.25, 0.3) is 0 Å². The van der Waals surface area contributed by atoms with Crippen LogP contribution in [0.25, 0.3) is 22.3 Å². The molecule has 7 rings (SSSR count). The number of hydrogen-bond donors (Lipinski definition) is 0. The average Bonchev–Trinajstić information content (AvgIpc) is 3.11. The van der Waals surface area contributed by atoms with E-state index in [4.69, 9.17) is 0 Å². The van der Waals surface area contributed by atoms with Crippen LogP contribution < -0.4 is 9.80 Å². The van der Waals surface area contributed by atoms with Crippen LogP contribution >= 0.6 is 0 Å². The molecule has 2 nitrogen and oxygen atoms in total. The zero-order valence-electron chi connectivity index (χ0n) is 24.9. The molecule has 2 aliphatic carbocycles. The third-order valence-electron chi connectivity index (χ3n) is 8.30. The van der Waals surface area contributed by atoms with E-state index >= 15 is 0 Å². The fourth-order valence-electron chi connectivity index (χ4n) is 6.04. The van der Waals surface area contributed by atoms with Crippen molar-refractivity contribution < 1.29 is 0 Å². The van der Waals surface area contributed by atoms with Crippen molar-refractivity contribution in [1.82, 2.24) is 0 Å². The van der Waals surface area contributed by atoms with Crippen molar-refractivity contribution in [2.75, 3.05) is 9.80 Å².